The predicted molar refractivity (Wildman–Crippen MR) is 101 cm³/mol. The fourth-order valence-corrected chi connectivity index (χ4v) is 3.76. The van der Waals surface area contributed by atoms with Crippen LogP contribution in [-0.2, 0) is 17.8 Å². The molecule has 1 unspecified atom stereocenters. The van der Waals surface area contributed by atoms with Gasteiger partial charge < -0.3 is 14.4 Å². The standard InChI is InChI=1S/C20H26N4O3/c1-16(14-24-9-2-6-21-24)22-7-3-8-23(11-10-22)20(25)13-17-4-5-18-19(12-17)27-15-26-18/h2,4-6,9,12,16H,3,7-8,10-11,13-15H2,1H3. The normalized spacial score (nSPS) is 18.3. The predicted octanol–water partition coefficient (Wildman–Crippen LogP) is 1.78. The third-order valence-electron chi connectivity index (χ3n) is 5.31. The smallest absolute Gasteiger partial charge is 0.231 e. The fraction of sp³-hybridized carbons (Fsp3) is 0.500. The van der Waals surface area contributed by atoms with Crippen molar-refractivity contribution in [1.82, 2.24) is 19.6 Å². The Morgan fingerprint density at radius 1 is 1.19 bits per heavy atom. The van der Waals surface area contributed by atoms with Crippen LogP contribution in [0.15, 0.2) is 36.7 Å². The number of rotatable bonds is 5. The van der Waals surface area contributed by atoms with Crippen molar-refractivity contribution in [1.29, 1.82) is 0 Å². The summed E-state index contributed by atoms with van der Waals surface area (Å²) in [7, 11) is 0. The van der Waals surface area contributed by atoms with Crippen molar-refractivity contribution in [2.45, 2.75) is 32.4 Å². The first-order valence-corrected chi connectivity index (χ1v) is 9.57. The van der Waals surface area contributed by atoms with Crippen LogP contribution < -0.4 is 9.47 Å². The molecule has 2 aliphatic heterocycles. The maximum Gasteiger partial charge on any atom is 0.231 e. The number of fused-ring (bicyclic) bond motifs is 1. The topological polar surface area (TPSA) is 59.8 Å². The molecule has 2 aromatic rings. The Morgan fingerprint density at radius 3 is 2.93 bits per heavy atom. The minimum Gasteiger partial charge on any atom is -0.454 e. The number of hydrogen-bond donors (Lipinski definition) is 0. The molecule has 0 bridgehead atoms. The van der Waals surface area contributed by atoms with E-state index in [2.05, 4.69) is 16.9 Å². The van der Waals surface area contributed by atoms with Crippen molar-refractivity contribution in [2.75, 3.05) is 33.0 Å². The molecule has 144 valence electrons. The van der Waals surface area contributed by atoms with Gasteiger partial charge in [-0.15, -0.1) is 0 Å². The molecule has 0 N–H and O–H groups in total. The molecule has 1 saturated heterocycles. The molecule has 1 aromatic carbocycles. The molecular weight excluding hydrogens is 344 g/mol. The Morgan fingerprint density at radius 2 is 2.07 bits per heavy atom. The highest BCUT2D eigenvalue weighted by Crippen LogP contribution is 2.32. The van der Waals surface area contributed by atoms with Gasteiger partial charge in [0.25, 0.3) is 0 Å². The Labute approximate surface area is 159 Å². The summed E-state index contributed by atoms with van der Waals surface area (Å²) < 4.78 is 12.7. The molecule has 7 nitrogen and oxygen atoms in total. The van der Waals surface area contributed by atoms with Crippen LogP contribution in [0.2, 0.25) is 0 Å². The number of hydrogen-bond acceptors (Lipinski definition) is 5. The highest BCUT2D eigenvalue weighted by Gasteiger charge is 2.23. The summed E-state index contributed by atoms with van der Waals surface area (Å²) >= 11 is 0. The summed E-state index contributed by atoms with van der Waals surface area (Å²) in [6, 6.07) is 8.09. The lowest BCUT2D eigenvalue weighted by Crippen LogP contribution is -2.40. The second kappa shape index (κ2) is 8.00. The van der Waals surface area contributed by atoms with Gasteiger partial charge in [-0.05, 0) is 37.1 Å². The van der Waals surface area contributed by atoms with Crippen LogP contribution >= 0.6 is 0 Å². The zero-order valence-electron chi connectivity index (χ0n) is 15.7. The summed E-state index contributed by atoms with van der Waals surface area (Å²) in [5.41, 5.74) is 0.970. The van der Waals surface area contributed by atoms with Crippen LogP contribution in [0, 0.1) is 0 Å². The van der Waals surface area contributed by atoms with Crippen molar-refractivity contribution < 1.29 is 14.3 Å². The van der Waals surface area contributed by atoms with E-state index in [4.69, 9.17) is 9.47 Å². The van der Waals surface area contributed by atoms with Crippen LogP contribution in [-0.4, -0.2) is 64.5 Å². The van der Waals surface area contributed by atoms with Crippen LogP contribution in [0.3, 0.4) is 0 Å². The van der Waals surface area contributed by atoms with Gasteiger partial charge in [0, 0.05) is 44.6 Å². The zero-order chi connectivity index (χ0) is 18.6. The van der Waals surface area contributed by atoms with Gasteiger partial charge >= 0.3 is 0 Å². The summed E-state index contributed by atoms with van der Waals surface area (Å²) in [6.07, 6.45) is 5.21. The number of carbonyl (C=O) groups is 1. The maximum absolute atomic E-state index is 12.8. The van der Waals surface area contributed by atoms with E-state index >= 15 is 0 Å². The number of nitrogens with zero attached hydrogens (tertiary/aromatic N) is 4. The van der Waals surface area contributed by atoms with Gasteiger partial charge in [0.05, 0.1) is 13.0 Å². The molecule has 1 aromatic heterocycles. The van der Waals surface area contributed by atoms with Gasteiger partial charge in [-0.25, -0.2) is 0 Å². The second-order valence-electron chi connectivity index (χ2n) is 7.21. The number of carbonyl (C=O) groups excluding carboxylic acids is 1. The largest absolute Gasteiger partial charge is 0.454 e. The molecule has 1 amide bonds. The molecule has 1 atom stereocenters. The van der Waals surface area contributed by atoms with Gasteiger partial charge in [0.15, 0.2) is 11.5 Å². The molecule has 4 rings (SSSR count). The fourth-order valence-electron chi connectivity index (χ4n) is 3.76. The van der Waals surface area contributed by atoms with Gasteiger partial charge in [-0.2, -0.15) is 5.10 Å². The lowest BCUT2D eigenvalue weighted by atomic mass is 10.1. The van der Waals surface area contributed by atoms with E-state index in [1.165, 1.54) is 0 Å². The lowest BCUT2D eigenvalue weighted by Gasteiger charge is -2.27. The van der Waals surface area contributed by atoms with Gasteiger partial charge in [0.2, 0.25) is 12.7 Å². The Bertz CT molecular complexity index is 778. The SMILES string of the molecule is CC(Cn1cccn1)N1CCCN(C(=O)Cc2ccc3c(c2)OCO3)CC1. The molecule has 0 radical (unpaired) electrons. The summed E-state index contributed by atoms with van der Waals surface area (Å²) in [5, 5.41) is 4.30. The Balaban J connectivity index is 1.31. The van der Waals surface area contributed by atoms with Gasteiger partial charge in [-0.1, -0.05) is 6.07 Å². The highest BCUT2D eigenvalue weighted by molar-refractivity contribution is 5.79. The second-order valence-corrected chi connectivity index (χ2v) is 7.21. The summed E-state index contributed by atoms with van der Waals surface area (Å²) in [5.74, 6) is 1.66. The Kier molecular flexibility index (Phi) is 5.29. The highest BCUT2D eigenvalue weighted by atomic mass is 16.7. The van der Waals surface area contributed by atoms with Crippen LogP contribution in [0.5, 0.6) is 11.5 Å². The number of benzene rings is 1. The molecule has 2 aliphatic rings. The van der Waals surface area contributed by atoms with E-state index in [0.717, 1.165) is 56.2 Å². The first kappa shape index (κ1) is 17.9. The van der Waals surface area contributed by atoms with E-state index in [1.807, 2.05) is 46.2 Å². The van der Waals surface area contributed by atoms with Gasteiger partial charge in [0.1, 0.15) is 0 Å². The van der Waals surface area contributed by atoms with Crippen molar-refractivity contribution in [3.63, 3.8) is 0 Å². The molecule has 0 saturated carbocycles. The third kappa shape index (κ3) is 4.24. The molecule has 0 spiro atoms. The lowest BCUT2D eigenvalue weighted by molar-refractivity contribution is -0.130. The molecule has 1 fully saturated rings. The molecule has 7 heteroatoms. The minimum absolute atomic E-state index is 0.176. The average molecular weight is 370 g/mol. The van der Waals surface area contributed by atoms with Crippen LogP contribution in [0.4, 0.5) is 0 Å². The number of ether oxygens (including phenoxy) is 2. The molecule has 3 heterocycles. The number of amides is 1. The van der Waals surface area contributed by atoms with Crippen molar-refractivity contribution in [2.24, 2.45) is 0 Å². The Hall–Kier alpha value is -2.54. The minimum atomic E-state index is 0.176. The first-order chi connectivity index (χ1) is 13.2. The van der Waals surface area contributed by atoms with Crippen LogP contribution in [0.1, 0.15) is 18.9 Å². The maximum atomic E-state index is 12.8. The summed E-state index contributed by atoms with van der Waals surface area (Å²) in [6.45, 7) is 6.85. The number of aromatic nitrogens is 2. The first-order valence-electron chi connectivity index (χ1n) is 9.57. The average Bonchev–Trinajstić information content (AvgIpc) is 3.27. The van der Waals surface area contributed by atoms with Crippen molar-refractivity contribution in [3.05, 3.63) is 42.2 Å². The van der Waals surface area contributed by atoms with Crippen molar-refractivity contribution in [3.8, 4) is 11.5 Å². The molecule has 27 heavy (non-hydrogen) atoms. The van der Waals surface area contributed by atoms with E-state index in [-0.39, 0.29) is 12.7 Å². The monoisotopic (exact) mass is 370 g/mol. The van der Waals surface area contributed by atoms with E-state index in [9.17, 15) is 4.79 Å². The summed E-state index contributed by atoms with van der Waals surface area (Å²) in [4.78, 5) is 17.2. The van der Waals surface area contributed by atoms with Crippen molar-refractivity contribution >= 4 is 5.91 Å². The van der Waals surface area contributed by atoms with E-state index in [1.54, 1.807) is 0 Å². The van der Waals surface area contributed by atoms with E-state index in [0.29, 0.717) is 12.5 Å². The van der Waals surface area contributed by atoms with Crippen LogP contribution in [0.25, 0.3) is 0 Å². The quantitative estimate of drug-likeness (QED) is 0.803. The van der Waals surface area contributed by atoms with Gasteiger partial charge in [-0.3, -0.25) is 14.4 Å². The van der Waals surface area contributed by atoms with E-state index < -0.39 is 0 Å². The zero-order valence-corrected chi connectivity index (χ0v) is 15.7. The molecule has 0 aliphatic carbocycles. The molecular formula is C20H26N4O3. The third-order valence-corrected chi connectivity index (χ3v) is 5.31.